The fourth-order valence-electron chi connectivity index (χ4n) is 2.57. The van der Waals surface area contributed by atoms with Crippen molar-refractivity contribution in [3.63, 3.8) is 0 Å². The predicted octanol–water partition coefficient (Wildman–Crippen LogP) is 1.82. The van der Waals surface area contributed by atoms with Gasteiger partial charge in [0.15, 0.2) is 11.6 Å². The number of ether oxygens (including phenoxy) is 1. The summed E-state index contributed by atoms with van der Waals surface area (Å²) in [5, 5.41) is 3.39. The summed E-state index contributed by atoms with van der Waals surface area (Å²) in [6.45, 7) is 5.34. The third kappa shape index (κ3) is 3.98. The normalized spacial score (nSPS) is 21.9. The SMILES string of the molecule is CCNC(Cc1ccc(F)c(F)c1)C1CN(C)CCO1. The second-order valence-corrected chi connectivity index (χ2v) is 5.29. The molecule has 1 fully saturated rings. The molecule has 1 aromatic rings. The van der Waals surface area contributed by atoms with Crippen LogP contribution in [0.1, 0.15) is 12.5 Å². The first-order valence-electron chi connectivity index (χ1n) is 7.07. The number of benzene rings is 1. The molecule has 0 spiro atoms. The summed E-state index contributed by atoms with van der Waals surface area (Å²) in [5.74, 6) is -1.60. The van der Waals surface area contributed by atoms with Crippen LogP contribution in [0.5, 0.6) is 0 Å². The van der Waals surface area contributed by atoms with Crippen LogP contribution in [0.15, 0.2) is 18.2 Å². The summed E-state index contributed by atoms with van der Waals surface area (Å²) >= 11 is 0. The van der Waals surface area contributed by atoms with Crippen LogP contribution in [-0.2, 0) is 11.2 Å². The monoisotopic (exact) mass is 284 g/mol. The maximum Gasteiger partial charge on any atom is 0.159 e. The number of hydrogen-bond acceptors (Lipinski definition) is 3. The Morgan fingerprint density at radius 3 is 2.85 bits per heavy atom. The summed E-state index contributed by atoms with van der Waals surface area (Å²) in [6.07, 6.45) is 0.700. The molecule has 2 rings (SSSR count). The maximum atomic E-state index is 13.3. The van der Waals surface area contributed by atoms with Crippen LogP contribution in [0.3, 0.4) is 0 Å². The third-order valence-corrected chi connectivity index (χ3v) is 3.65. The number of hydrogen-bond donors (Lipinski definition) is 1. The van der Waals surface area contributed by atoms with Gasteiger partial charge in [-0.2, -0.15) is 0 Å². The van der Waals surface area contributed by atoms with E-state index in [0.717, 1.165) is 25.2 Å². The lowest BCUT2D eigenvalue weighted by molar-refractivity contribution is -0.0381. The molecular formula is C15H22F2N2O. The molecule has 20 heavy (non-hydrogen) atoms. The van der Waals surface area contributed by atoms with Crippen molar-refractivity contribution < 1.29 is 13.5 Å². The molecule has 1 aliphatic heterocycles. The number of likely N-dealkylation sites (N-methyl/N-ethyl adjacent to an activating group) is 2. The Balaban J connectivity index is 2.06. The van der Waals surface area contributed by atoms with Gasteiger partial charge in [-0.3, -0.25) is 0 Å². The quantitative estimate of drug-likeness (QED) is 0.892. The van der Waals surface area contributed by atoms with Gasteiger partial charge in [0.05, 0.1) is 12.7 Å². The van der Waals surface area contributed by atoms with Crippen molar-refractivity contribution in [2.24, 2.45) is 0 Å². The molecule has 2 atom stereocenters. The highest BCUT2D eigenvalue weighted by Crippen LogP contribution is 2.15. The lowest BCUT2D eigenvalue weighted by Crippen LogP contribution is -2.52. The first-order chi connectivity index (χ1) is 9.60. The van der Waals surface area contributed by atoms with E-state index >= 15 is 0 Å². The second kappa shape index (κ2) is 7.11. The van der Waals surface area contributed by atoms with E-state index in [1.54, 1.807) is 6.07 Å². The molecular weight excluding hydrogens is 262 g/mol. The van der Waals surface area contributed by atoms with Gasteiger partial charge in [0.1, 0.15) is 0 Å². The minimum atomic E-state index is -0.803. The molecule has 2 unspecified atom stereocenters. The average molecular weight is 284 g/mol. The highest BCUT2D eigenvalue weighted by molar-refractivity contribution is 5.19. The Hall–Kier alpha value is -1.04. The van der Waals surface area contributed by atoms with Crippen molar-refractivity contribution in [3.8, 4) is 0 Å². The number of nitrogens with zero attached hydrogens (tertiary/aromatic N) is 1. The molecule has 112 valence electrons. The van der Waals surface area contributed by atoms with E-state index in [-0.39, 0.29) is 12.1 Å². The zero-order valence-electron chi connectivity index (χ0n) is 12.0. The third-order valence-electron chi connectivity index (χ3n) is 3.65. The molecule has 0 aliphatic carbocycles. The van der Waals surface area contributed by atoms with Crippen molar-refractivity contribution in [1.29, 1.82) is 0 Å². The van der Waals surface area contributed by atoms with Crippen LogP contribution in [0.25, 0.3) is 0 Å². The van der Waals surface area contributed by atoms with E-state index in [1.165, 1.54) is 12.1 Å². The van der Waals surface area contributed by atoms with E-state index in [9.17, 15) is 8.78 Å². The fraction of sp³-hybridized carbons (Fsp3) is 0.600. The van der Waals surface area contributed by atoms with Gasteiger partial charge in [-0.05, 0) is 37.7 Å². The van der Waals surface area contributed by atoms with Gasteiger partial charge in [0, 0.05) is 19.1 Å². The van der Waals surface area contributed by atoms with Crippen molar-refractivity contribution in [1.82, 2.24) is 10.2 Å². The summed E-state index contributed by atoms with van der Waals surface area (Å²) in [6, 6.07) is 4.19. The van der Waals surface area contributed by atoms with Crippen LogP contribution in [0.4, 0.5) is 8.78 Å². The highest BCUT2D eigenvalue weighted by atomic mass is 19.2. The van der Waals surface area contributed by atoms with E-state index in [1.807, 2.05) is 6.92 Å². The summed E-state index contributed by atoms with van der Waals surface area (Å²) < 4.78 is 32.1. The lowest BCUT2D eigenvalue weighted by Gasteiger charge is -2.35. The van der Waals surface area contributed by atoms with Crippen LogP contribution in [0.2, 0.25) is 0 Å². The predicted molar refractivity (Wildman–Crippen MR) is 74.8 cm³/mol. The fourth-order valence-corrected chi connectivity index (χ4v) is 2.57. The van der Waals surface area contributed by atoms with E-state index < -0.39 is 11.6 Å². The zero-order chi connectivity index (χ0) is 14.5. The van der Waals surface area contributed by atoms with E-state index in [0.29, 0.717) is 13.0 Å². The maximum absolute atomic E-state index is 13.3. The standard InChI is InChI=1S/C15H22F2N2O/c1-3-18-14(15-10-19(2)6-7-20-15)9-11-4-5-12(16)13(17)8-11/h4-5,8,14-15,18H,3,6-7,9-10H2,1-2H3. The van der Waals surface area contributed by atoms with Crippen LogP contribution < -0.4 is 5.32 Å². The zero-order valence-corrected chi connectivity index (χ0v) is 12.0. The number of nitrogens with one attached hydrogen (secondary N) is 1. The van der Waals surface area contributed by atoms with Crippen LogP contribution in [0, 0.1) is 11.6 Å². The molecule has 1 aliphatic rings. The van der Waals surface area contributed by atoms with Crippen LogP contribution >= 0.6 is 0 Å². The minimum absolute atomic E-state index is 0.0711. The molecule has 0 saturated carbocycles. The number of morpholine rings is 1. The first-order valence-corrected chi connectivity index (χ1v) is 7.07. The molecule has 0 bridgehead atoms. The molecule has 1 saturated heterocycles. The highest BCUT2D eigenvalue weighted by Gasteiger charge is 2.26. The van der Waals surface area contributed by atoms with Crippen molar-refractivity contribution in [3.05, 3.63) is 35.4 Å². The average Bonchev–Trinajstić information content (AvgIpc) is 2.42. The lowest BCUT2D eigenvalue weighted by atomic mass is 9.99. The molecule has 0 radical (unpaired) electrons. The van der Waals surface area contributed by atoms with Gasteiger partial charge < -0.3 is 15.0 Å². The Bertz CT molecular complexity index is 442. The Kier molecular flexibility index (Phi) is 5.46. The number of rotatable bonds is 5. The topological polar surface area (TPSA) is 24.5 Å². The summed E-state index contributed by atoms with van der Waals surface area (Å²) in [5.41, 5.74) is 0.784. The Labute approximate surface area is 118 Å². The van der Waals surface area contributed by atoms with Gasteiger partial charge in [0.25, 0.3) is 0 Å². The van der Waals surface area contributed by atoms with Gasteiger partial charge in [-0.1, -0.05) is 13.0 Å². The van der Waals surface area contributed by atoms with E-state index in [2.05, 4.69) is 17.3 Å². The second-order valence-electron chi connectivity index (χ2n) is 5.29. The smallest absolute Gasteiger partial charge is 0.159 e. The Morgan fingerprint density at radius 2 is 2.20 bits per heavy atom. The molecule has 1 N–H and O–H groups in total. The minimum Gasteiger partial charge on any atom is -0.374 e. The summed E-state index contributed by atoms with van der Waals surface area (Å²) in [7, 11) is 2.07. The van der Waals surface area contributed by atoms with Crippen molar-refractivity contribution >= 4 is 0 Å². The molecule has 1 heterocycles. The van der Waals surface area contributed by atoms with Gasteiger partial charge in [0.2, 0.25) is 0 Å². The van der Waals surface area contributed by atoms with Crippen LogP contribution in [-0.4, -0.2) is 50.3 Å². The molecule has 3 nitrogen and oxygen atoms in total. The molecule has 0 amide bonds. The van der Waals surface area contributed by atoms with Gasteiger partial charge >= 0.3 is 0 Å². The molecule has 5 heteroatoms. The molecule has 0 aromatic heterocycles. The van der Waals surface area contributed by atoms with Gasteiger partial charge in [-0.25, -0.2) is 8.78 Å². The Morgan fingerprint density at radius 1 is 1.40 bits per heavy atom. The van der Waals surface area contributed by atoms with Crippen molar-refractivity contribution in [2.45, 2.75) is 25.5 Å². The van der Waals surface area contributed by atoms with E-state index in [4.69, 9.17) is 4.74 Å². The molecule has 1 aromatic carbocycles. The first kappa shape index (κ1) is 15.4. The van der Waals surface area contributed by atoms with Gasteiger partial charge in [-0.15, -0.1) is 0 Å². The summed E-state index contributed by atoms with van der Waals surface area (Å²) in [4.78, 5) is 2.23. The number of halogens is 2. The van der Waals surface area contributed by atoms with Crippen molar-refractivity contribution in [2.75, 3.05) is 33.3 Å². The largest absolute Gasteiger partial charge is 0.374 e.